The van der Waals surface area contributed by atoms with Crippen molar-refractivity contribution in [1.29, 1.82) is 0 Å². The molecule has 2 aromatic carbocycles. The van der Waals surface area contributed by atoms with Gasteiger partial charge in [-0.2, -0.15) is 4.52 Å². The number of rotatable bonds is 5. The van der Waals surface area contributed by atoms with E-state index in [2.05, 4.69) is 54.6 Å². The molecule has 3 aromatic heterocycles. The van der Waals surface area contributed by atoms with Gasteiger partial charge in [-0.15, -0.1) is 29.9 Å². The number of hydrogen-bond donors (Lipinski definition) is 0. The Kier molecular flexibility index (Phi) is 7.82. The third-order valence-electron chi connectivity index (χ3n) is 6.66. The summed E-state index contributed by atoms with van der Waals surface area (Å²) in [6.45, 7) is 4.63. The van der Waals surface area contributed by atoms with Crippen LogP contribution in [0.4, 0.5) is 14.5 Å². The van der Waals surface area contributed by atoms with Crippen LogP contribution in [0.25, 0.3) is 27.5 Å². The Bertz CT molecular complexity index is 1490. The summed E-state index contributed by atoms with van der Waals surface area (Å²) in [5, 5.41) is 14.0. The highest BCUT2D eigenvalue weighted by Gasteiger charge is 2.20. The molecule has 0 unspecified atom stereocenters. The summed E-state index contributed by atoms with van der Waals surface area (Å²) in [6, 6.07) is 19.3. The summed E-state index contributed by atoms with van der Waals surface area (Å²) in [7, 11) is 0. The van der Waals surface area contributed by atoms with Gasteiger partial charge in [0.15, 0.2) is 5.65 Å². The molecule has 0 saturated carbocycles. The highest BCUT2D eigenvalue weighted by Crippen LogP contribution is 2.29. The van der Waals surface area contributed by atoms with E-state index in [4.69, 9.17) is 0 Å². The predicted octanol–water partition coefficient (Wildman–Crippen LogP) is 4.97. The molecule has 0 spiro atoms. The summed E-state index contributed by atoms with van der Waals surface area (Å²) in [4.78, 5) is 8.95. The maximum Gasteiger partial charge on any atom is 0.280 e. The predicted molar refractivity (Wildman–Crippen MR) is 142 cm³/mol. The average molecular weight is 532 g/mol. The van der Waals surface area contributed by atoms with Gasteiger partial charge in [0.1, 0.15) is 5.69 Å². The zero-order valence-electron chi connectivity index (χ0n) is 19.3. The van der Waals surface area contributed by atoms with Gasteiger partial charge in [0.2, 0.25) is 0 Å². The monoisotopic (exact) mass is 531 g/mol. The molecule has 4 heterocycles. The summed E-state index contributed by atoms with van der Waals surface area (Å²) < 4.78 is 27.9. The first-order valence-electron chi connectivity index (χ1n) is 11.4. The van der Waals surface area contributed by atoms with Crippen molar-refractivity contribution in [2.24, 2.45) is 0 Å². The van der Waals surface area contributed by atoms with Crippen LogP contribution in [0.5, 0.6) is 0 Å². The molecule has 7 nitrogen and oxygen atoms in total. The number of alkyl halides is 2. The lowest BCUT2D eigenvalue weighted by molar-refractivity contribution is 0.146. The fourth-order valence-corrected chi connectivity index (χ4v) is 4.86. The lowest BCUT2D eigenvalue weighted by atomic mass is 10.0. The van der Waals surface area contributed by atoms with E-state index in [1.807, 2.05) is 18.2 Å². The van der Waals surface area contributed by atoms with Crippen molar-refractivity contribution in [3.8, 4) is 0 Å². The van der Waals surface area contributed by atoms with Crippen LogP contribution in [-0.4, -0.2) is 62.6 Å². The number of fused-ring (bicyclic) bond motifs is 4. The van der Waals surface area contributed by atoms with Crippen LogP contribution in [0.2, 0.25) is 0 Å². The van der Waals surface area contributed by atoms with Crippen LogP contribution >= 0.6 is 24.8 Å². The van der Waals surface area contributed by atoms with Crippen LogP contribution in [0.1, 0.15) is 17.7 Å². The number of benzene rings is 2. The van der Waals surface area contributed by atoms with Gasteiger partial charge in [-0.1, -0.05) is 18.2 Å². The van der Waals surface area contributed by atoms with E-state index in [9.17, 15) is 8.78 Å². The van der Waals surface area contributed by atoms with E-state index in [1.165, 1.54) is 17.0 Å². The summed E-state index contributed by atoms with van der Waals surface area (Å²) >= 11 is 0. The molecular formula is C25H25Cl2F2N7. The number of pyridine rings is 2. The summed E-state index contributed by atoms with van der Waals surface area (Å²) in [5.74, 6) is 0. The largest absolute Gasteiger partial charge is 0.368 e. The molecule has 5 aromatic rings. The molecule has 1 aliphatic rings. The Morgan fingerprint density at radius 2 is 1.61 bits per heavy atom. The highest BCUT2D eigenvalue weighted by atomic mass is 35.5. The van der Waals surface area contributed by atoms with Crippen LogP contribution in [0.3, 0.4) is 0 Å². The van der Waals surface area contributed by atoms with Gasteiger partial charge in [-0.05, 0) is 64.9 Å². The molecule has 11 heteroatoms. The fraction of sp³-hybridized carbons (Fsp3) is 0.280. The van der Waals surface area contributed by atoms with E-state index in [1.54, 1.807) is 16.6 Å². The van der Waals surface area contributed by atoms with E-state index in [-0.39, 0.29) is 30.5 Å². The van der Waals surface area contributed by atoms with Gasteiger partial charge in [0.05, 0.1) is 11.0 Å². The Morgan fingerprint density at radius 1 is 0.833 bits per heavy atom. The van der Waals surface area contributed by atoms with Gasteiger partial charge >= 0.3 is 0 Å². The number of piperazine rings is 1. The zero-order valence-corrected chi connectivity index (χ0v) is 20.9. The first-order valence-corrected chi connectivity index (χ1v) is 11.4. The second-order valence-corrected chi connectivity index (χ2v) is 8.59. The van der Waals surface area contributed by atoms with Crippen LogP contribution in [0, 0.1) is 0 Å². The average Bonchev–Trinajstić information content (AvgIpc) is 3.36. The van der Waals surface area contributed by atoms with Gasteiger partial charge in [0.25, 0.3) is 6.43 Å². The highest BCUT2D eigenvalue weighted by molar-refractivity contribution is 5.92. The van der Waals surface area contributed by atoms with Crippen molar-refractivity contribution < 1.29 is 8.78 Å². The molecule has 0 radical (unpaired) electrons. The SMILES string of the molecule is Cl.Cl.FC(F)c1ccc2c(N3CCN(CCc4cccc5c4ccc4nnnn45)CC3)cccc2n1. The molecule has 0 aliphatic carbocycles. The topological polar surface area (TPSA) is 62.5 Å². The minimum atomic E-state index is -2.56. The molecule has 0 atom stereocenters. The number of tetrazole rings is 1. The second-order valence-electron chi connectivity index (χ2n) is 8.59. The molecule has 6 rings (SSSR count). The van der Waals surface area contributed by atoms with Crippen molar-refractivity contribution in [3.63, 3.8) is 0 Å². The van der Waals surface area contributed by atoms with Crippen LogP contribution in [0.15, 0.2) is 60.7 Å². The third-order valence-corrected chi connectivity index (χ3v) is 6.66. The van der Waals surface area contributed by atoms with Gasteiger partial charge < -0.3 is 4.90 Å². The van der Waals surface area contributed by atoms with E-state index in [0.717, 1.165) is 61.4 Å². The van der Waals surface area contributed by atoms with Crippen molar-refractivity contribution in [2.45, 2.75) is 12.8 Å². The number of anilines is 1. The van der Waals surface area contributed by atoms with E-state index in [0.29, 0.717) is 5.52 Å². The Morgan fingerprint density at radius 3 is 2.42 bits per heavy atom. The number of halogens is 4. The third kappa shape index (κ3) is 4.78. The molecular weight excluding hydrogens is 507 g/mol. The molecule has 0 N–H and O–H groups in total. The molecule has 188 valence electrons. The second kappa shape index (κ2) is 10.9. The first kappa shape index (κ1) is 25.9. The van der Waals surface area contributed by atoms with Gasteiger partial charge in [-0.25, -0.2) is 13.8 Å². The normalized spacial score (nSPS) is 14.4. The lowest BCUT2D eigenvalue weighted by Crippen LogP contribution is -2.47. The van der Waals surface area contributed by atoms with Crippen molar-refractivity contribution >= 4 is 58.0 Å². The summed E-state index contributed by atoms with van der Waals surface area (Å²) in [6.07, 6.45) is -1.61. The molecule has 1 saturated heterocycles. The number of hydrogen-bond acceptors (Lipinski definition) is 6. The lowest BCUT2D eigenvalue weighted by Gasteiger charge is -2.36. The molecule has 36 heavy (non-hydrogen) atoms. The Balaban J connectivity index is 0.00000152. The zero-order chi connectivity index (χ0) is 23.1. The minimum Gasteiger partial charge on any atom is -0.368 e. The Labute approximate surface area is 218 Å². The van der Waals surface area contributed by atoms with Gasteiger partial charge in [-0.3, -0.25) is 4.90 Å². The van der Waals surface area contributed by atoms with E-state index >= 15 is 0 Å². The van der Waals surface area contributed by atoms with Crippen molar-refractivity contribution in [1.82, 2.24) is 29.9 Å². The minimum absolute atomic E-state index is 0. The van der Waals surface area contributed by atoms with Crippen LogP contribution < -0.4 is 4.90 Å². The molecule has 0 bridgehead atoms. The maximum atomic E-state index is 13.0. The van der Waals surface area contributed by atoms with Crippen LogP contribution in [-0.2, 0) is 6.42 Å². The van der Waals surface area contributed by atoms with E-state index < -0.39 is 6.43 Å². The summed E-state index contributed by atoms with van der Waals surface area (Å²) in [5.41, 5.74) is 4.55. The quantitative estimate of drug-likeness (QED) is 0.319. The smallest absolute Gasteiger partial charge is 0.280 e. The fourth-order valence-electron chi connectivity index (χ4n) is 4.86. The molecule has 1 aliphatic heterocycles. The Hall–Kier alpha value is -3.14. The van der Waals surface area contributed by atoms with Crippen molar-refractivity contribution in [3.05, 3.63) is 71.9 Å². The maximum absolute atomic E-state index is 13.0. The van der Waals surface area contributed by atoms with Gasteiger partial charge in [0, 0.05) is 49.2 Å². The number of nitrogens with zero attached hydrogens (tertiary/aromatic N) is 7. The molecule has 0 amide bonds. The molecule has 1 fully saturated rings. The number of aromatic nitrogens is 5. The first-order chi connectivity index (χ1) is 16.7. The standard InChI is InChI=1S/C25H23F2N7.2ClH/c26-25(27)21-9-7-19-20(28-21)4-2-5-22(19)33-15-13-32(14-16-33)12-11-17-3-1-6-23-18(17)8-10-24-29-30-31-34(23)24;;/h1-10,25H,11-16H2;2*1H. The van der Waals surface area contributed by atoms with Crippen molar-refractivity contribution in [2.75, 3.05) is 37.6 Å².